The average molecular weight is 355 g/mol. The van der Waals surface area contributed by atoms with Gasteiger partial charge in [0.15, 0.2) is 5.76 Å². The fraction of sp³-hybridized carbons (Fsp3) is 0.250. The zero-order chi connectivity index (χ0) is 16.7. The lowest BCUT2D eigenvalue weighted by atomic mass is 10.1. The molecule has 0 unspecified atom stereocenters. The highest BCUT2D eigenvalue weighted by Crippen LogP contribution is 2.20. The van der Waals surface area contributed by atoms with Crippen LogP contribution in [0.25, 0.3) is 0 Å². The Bertz CT molecular complexity index is 672. The summed E-state index contributed by atoms with van der Waals surface area (Å²) in [4.78, 5) is 23.3. The molecule has 0 spiro atoms. The number of rotatable bonds is 7. The first-order valence-corrected chi connectivity index (χ1v) is 7.84. The fourth-order valence-electron chi connectivity index (χ4n) is 1.93. The molecule has 2 rings (SSSR count). The lowest BCUT2D eigenvalue weighted by molar-refractivity contribution is -0.120. The minimum absolute atomic E-state index is 0.144. The number of furan rings is 1. The second-order valence-corrected chi connectivity index (χ2v) is 5.66. The van der Waals surface area contributed by atoms with Gasteiger partial charge in [0.25, 0.3) is 5.91 Å². The maximum Gasteiger partial charge on any atom is 0.286 e. The smallest absolute Gasteiger partial charge is 0.286 e. The van der Waals surface area contributed by atoms with Gasteiger partial charge in [-0.1, -0.05) is 29.3 Å². The third kappa shape index (κ3) is 5.62. The van der Waals surface area contributed by atoms with Crippen LogP contribution < -0.4 is 10.6 Å². The van der Waals surface area contributed by atoms with Gasteiger partial charge in [-0.2, -0.15) is 0 Å². The Morgan fingerprint density at radius 3 is 2.61 bits per heavy atom. The molecule has 2 N–H and O–H groups in total. The first-order valence-electron chi connectivity index (χ1n) is 7.08. The van der Waals surface area contributed by atoms with E-state index in [1.54, 1.807) is 24.3 Å². The molecule has 0 aliphatic heterocycles. The third-order valence-corrected chi connectivity index (χ3v) is 3.70. The van der Waals surface area contributed by atoms with Gasteiger partial charge in [-0.05, 0) is 36.2 Å². The summed E-state index contributed by atoms with van der Waals surface area (Å²) in [5.41, 5.74) is 0.919. The molecule has 0 aliphatic carbocycles. The number of benzene rings is 1. The van der Waals surface area contributed by atoms with E-state index in [0.717, 1.165) is 5.56 Å². The van der Waals surface area contributed by atoms with Crippen LogP contribution in [0.2, 0.25) is 10.0 Å². The molecule has 23 heavy (non-hydrogen) atoms. The molecule has 122 valence electrons. The van der Waals surface area contributed by atoms with Crippen LogP contribution in [-0.2, 0) is 11.2 Å². The summed E-state index contributed by atoms with van der Waals surface area (Å²) in [6.07, 6.45) is 2.23. The fourth-order valence-corrected chi connectivity index (χ4v) is 2.44. The van der Waals surface area contributed by atoms with Gasteiger partial charge in [0, 0.05) is 29.6 Å². The van der Waals surface area contributed by atoms with E-state index in [9.17, 15) is 9.59 Å². The van der Waals surface area contributed by atoms with E-state index in [4.69, 9.17) is 27.6 Å². The van der Waals surface area contributed by atoms with Gasteiger partial charge in [0.05, 0.1) is 6.26 Å². The molecular weight excluding hydrogens is 339 g/mol. The summed E-state index contributed by atoms with van der Waals surface area (Å²) in [5.74, 6) is -0.256. The van der Waals surface area contributed by atoms with Gasteiger partial charge < -0.3 is 15.1 Å². The number of hydrogen-bond acceptors (Lipinski definition) is 3. The summed E-state index contributed by atoms with van der Waals surface area (Å²) in [5, 5.41) is 6.55. The maximum atomic E-state index is 11.7. The molecule has 7 heteroatoms. The van der Waals surface area contributed by atoms with Crippen molar-refractivity contribution in [1.29, 1.82) is 0 Å². The molecular formula is C16H16Cl2N2O3. The van der Waals surface area contributed by atoms with Gasteiger partial charge in [0.1, 0.15) is 0 Å². The summed E-state index contributed by atoms with van der Waals surface area (Å²) in [6.45, 7) is 0.708. The van der Waals surface area contributed by atoms with Crippen LogP contribution in [-0.4, -0.2) is 24.9 Å². The molecule has 1 aromatic heterocycles. The van der Waals surface area contributed by atoms with E-state index in [-0.39, 0.29) is 30.5 Å². The van der Waals surface area contributed by atoms with Crippen LogP contribution in [0.4, 0.5) is 0 Å². The zero-order valence-electron chi connectivity index (χ0n) is 12.3. The van der Waals surface area contributed by atoms with Crippen molar-refractivity contribution in [2.24, 2.45) is 0 Å². The largest absolute Gasteiger partial charge is 0.459 e. The monoisotopic (exact) mass is 354 g/mol. The van der Waals surface area contributed by atoms with Crippen LogP contribution >= 0.6 is 23.2 Å². The Labute approximate surface area is 144 Å². The second-order valence-electron chi connectivity index (χ2n) is 4.82. The minimum atomic E-state index is -0.337. The lowest BCUT2D eigenvalue weighted by Gasteiger charge is -2.07. The highest BCUT2D eigenvalue weighted by Gasteiger charge is 2.08. The van der Waals surface area contributed by atoms with Crippen molar-refractivity contribution in [3.05, 3.63) is 58.0 Å². The van der Waals surface area contributed by atoms with Crippen molar-refractivity contribution in [2.45, 2.75) is 12.8 Å². The molecule has 1 heterocycles. The molecule has 0 saturated heterocycles. The number of carbonyl (C=O) groups excluding carboxylic acids is 2. The predicted molar refractivity (Wildman–Crippen MR) is 88.8 cm³/mol. The van der Waals surface area contributed by atoms with Crippen molar-refractivity contribution in [3.8, 4) is 0 Å². The van der Waals surface area contributed by atoms with Crippen molar-refractivity contribution < 1.29 is 14.0 Å². The van der Waals surface area contributed by atoms with Gasteiger partial charge in [0.2, 0.25) is 5.91 Å². The standard InChI is InChI=1S/C16H16Cl2N2O3/c17-12-4-3-11(13(18)10-12)5-7-19-15(21)6-8-20-16(22)14-2-1-9-23-14/h1-4,9-10H,5-8H2,(H,19,21)(H,20,22). The normalized spacial score (nSPS) is 10.3. The van der Waals surface area contributed by atoms with Gasteiger partial charge in [-0.25, -0.2) is 0 Å². The van der Waals surface area contributed by atoms with Gasteiger partial charge in [-0.3, -0.25) is 9.59 Å². The SMILES string of the molecule is O=C(CCNC(=O)c1ccco1)NCCc1ccc(Cl)cc1Cl. The van der Waals surface area contributed by atoms with Crippen LogP contribution in [0.5, 0.6) is 0 Å². The number of halogens is 2. The summed E-state index contributed by atoms with van der Waals surface area (Å²) in [7, 11) is 0. The number of carbonyl (C=O) groups is 2. The Hall–Kier alpha value is -1.98. The Morgan fingerprint density at radius 1 is 1.09 bits per heavy atom. The summed E-state index contributed by atoms with van der Waals surface area (Å²) >= 11 is 11.9. The van der Waals surface area contributed by atoms with Crippen molar-refractivity contribution >= 4 is 35.0 Å². The molecule has 0 aliphatic rings. The van der Waals surface area contributed by atoms with E-state index in [1.165, 1.54) is 6.26 Å². The van der Waals surface area contributed by atoms with Gasteiger partial charge in [-0.15, -0.1) is 0 Å². The van der Waals surface area contributed by atoms with Crippen LogP contribution in [0.1, 0.15) is 22.5 Å². The lowest BCUT2D eigenvalue weighted by Crippen LogP contribution is -2.31. The first kappa shape index (κ1) is 17.4. The molecule has 2 aromatic rings. The number of nitrogens with one attached hydrogen (secondary N) is 2. The van der Waals surface area contributed by atoms with E-state index in [1.807, 2.05) is 6.07 Å². The average Bonchev–Trinajstić information content (AvgIpc) is 3.04. The highest BCUT2D eigenvalue weighted by molar-refractivity contribution is 6.35. The third-order valence-electron chi connectivity index (χ3n) is 3.11. The minimum Gasteiger partial charge on any atom is -0.459 e. The first-order chi connectivity index (χ1) is 11.1. The molecule has 5 nitrogen and oxygen atoms in total. The van der Waals surface area contributed by atoms with Crippen LogP contribution in [0.15, 0.2) is 41.0 Å². The Balaban J connectivity index is 1.64. The van der Waals surface area contributed by atoms with E-state index in [2.05, 4.69) is 10.6 Å². The second kappa shape index (κ2) is 8.60. The molecule has 2 amide bonds. The molecule has 1 aromatic carbocycles. The Morgan fingerprint density at radius 2 is 1.91 bits per heavy atom. The summed E-state index contributed by atoms with van der Waals surface area (Å²) < 4.78 is 4.95. The molecule has 0 radical (unpaired) electrons. The molecule has 0 bridgehead atoms. The summed E-state index contributed by atoms with van der Waals surface area (Å²) in [6, 6.07) is 8.45. The van der Waals surface area contributed by atoms with Crippen molar-refractivity contribution in [1.82, 2.24) is 10.6 Å². The van der Waals surface area contributed by atoms with E-state index >= 15 is 0 Å². The molecule has 0 saturated carbocycles. The zero-order valence-corrected chi connectivity index (χ0v) is 13.8. The van der Waals surface area contributed by atoms with E-state index in [0.29, 0.717) is 23.0 Å². The quantitative estimate of drug-likeness (QED) is 0.802. The number of hydrogen-bond donors (Lipinski definition) is 2. The Kier molecular flexibility index (Phi) is 6.50. The van der Waals surface area contributed by atoms with E-state index < -0.39 is 0 Å². The maximum absolute atomic E-state index is 11.7. The van der Waals surface area contributed by atoms with Crippen molar-refractivity contribution in [2.75, 3.05) is 13.1 Å². The predicted octanol–water partition coefficient (Wildman–Crippen LogP) is 3.07. The van der Waals surface area contributed by atoms with Crippen LogP contribution in [0, 0.1) is 0 Å². The molecule has 0 atom stereocenters. The number of amides is 2. The van der Waals surface area contributed by atoms with Crippen molar-refractivity contribution in [3.63, 3.8) is 0 Å². The van der Waals surface area contributed by atoms with Crippen LogP contribution in [0.3, 0.4) is 0 Å². The topological polar surface area (TPSA) is 71.3 Å². The molecule has 0 fully saturated rings. The highest BCUT2D eigenvalue weighted by atomic mass is 35.5. The van der Waals surface area contributed by atoms with Gasteiger partial charge >= 0.3 is 0 Å².